The molecule has 0 spiro atoms. The van der Waals surface area contributed by atoms with Crippen LogP contribution in [0.15, 0.2) is 18.2 Å². The lowest BCUT2D eigenvalue weighted by Gasteiger charge is -2.17. The Kier molecular flexibility index (Phi) is 4.53. The highest BCUT2D eigenvalue weighted by atomic mass is 19.1. The summed E-state index contributed by atoms with van der Waals surface area (Å²) in [4.78, 5) is 0. The number of hydrogen-bond donors (Lipinski definition) is 1. The Bertz CT molecular complexity index is 312. The molecule has 1 aromatic carbocycles. The van der Waals surface area contributed by atoms with E-state index in [4.69, 9.17) is 0 Å². The summed E-state index contributed by atoms with van der Waals surface area (Å²) in [7, 11) is 0. The molecule has 0 saturated heterocycles. The van der Waals surface area contributed by atoms with Gasteiger partial charge in [0.25, 0.3) is 0 Å². The highest BCUT2D eigenvalue weighted by Crippen LogP contribution is 2.18. The van der Waals surface area contributed by atoms with Crippen molar-refractivity contribution >= 4 is 5.69 Å². The van der Waals surface area contributed by atoms with Crippen LogP contribution in [0.3, 0.4) is 0 Å². The van der Waals surface area contributed by atoms with Crippen LogP contribution >= 0.6 is 0 Å². The van der Waals surface area contributed by atoms with Crippen molar-refractivity contribution in [2.24, 2.45) is 0 Å². The van der Waals surface area contributed by atoms with E-state index in [0.29, 0.717) is 5.69 Å². The molecule has 0 aliphatic rings. The van der Waals surface area contributed by atoms with E-state index in [1.165, 1.54) is 12.1 Å². The Hall–Kier alpha value is -1.12. The average Bonchev–Trinajstić information content (AvgIpc) is 2.21. The summed E-state index contributed by atoms with van der Waals surface area (Å²) in [5.41, 5.74) is 0.386. The fraction of sp³-hybridized carbons (Fsp3) is 0.500. The summed E-state index contributed by atoms with van der Waals surface area (Å²) in [5.74, 6) is -1.06. The van der Waals surface area contributed by atoms with Gasteiger partial charge in [0.05, 0.1) is 5.69 Å². The summed E-state index contributed by atoms with van der Waals surface area (Å²) in [6.45, 7) is 4.14. The van der Waals surface area contributed by atoms with Gasteiger partial charge in [0, 0.05) is 12.1 Å². The molecule has 0 saturated carbocycles. The van der Waals surface area contributed by atoms with Gasteiger partial charge in [-0.2, -0.15) is 0 Å². The Morgan fingerprint density at radius 1 is 1.27 bits per heavy atom. The lowest BCUT2D eigenvalue weighted by molar-refractivity contribution is 0.575. The van der Waals surface area contributed by atoms with Gasteiger partial charge in [-0.1, -0.05) is 20.3 Å². The van der Waals surface area contributed by atoms with Crippen LogP contribution in [0, 0.1) is 11.6 Å². The molecular weight excluding hydrogens is 196 g/mol. The first-order chi connectivity index (χ1) is 7.17. The molecule has 0 bridgehead atoms. The van der Waals surface area contributed by atoms with Crippen LogP contribution in [0.25, 0.3) is 0 Å². The summed E-state index contributed by atoms with van der Waals surface area (Å²) in [6.07, 6.45) is 2.98. The van der Waals surface area contributed by atoms with Gasteiger partial charge in [0.15, 0.2) is 0 Å². The number of benzene rings is 1. The van der Waals surface area contributed by atoms with Gasteiger partial charge in [-0.3, -0.25) is 0 Å². The minimum Gasteiger partial charge on any atom is -0.380 e. The smallest absolute Gasteiger partial charge is 0.149 e. The van der Waals surface area contributed by atoms with Crippen LogP contribution in [-0.2, 0) is 0 Å². The largest absolute Gasteiger partial charge is 0.380 e. The first-order valence-corrected chi connectivity index (χ1v) is 5.39. The second-order valence-electron chi connectivity index (χ2n) is 3.66. The fourth-order valence-corrected chi connectivity index (χ4v) is 1.55. The first-order valence-electron chi connectivity index (χ1n) is 5.39. The average molecular weight is 213 g/mol. The van der Waals surface area contributed by atoms with Crippen molar-refractivity contribution in [1.29, 1.82) is 0 Å². The predicted octanol–water partition coefficient (Wildman–Crippen LogP) is 3.96. The molecule has 0 radical (unpaired) electrons. The molecule has 0 aliphatic heterocycles. The van der Waals surface area contributed by atoms with E-state index in [0.717, 1.165) is 25.3 Å². The Morgan fingerprint density at radius 2 is 2.00 bits per heavy atom. The zero-order valence-electron chi connectivity index (χ0n) is 9.19. The maximum atomic E-state index is 13.3. The Labute approximate surface area is 89.5 Å². The molecule has 84 valence electrons. The standard InChI is InChI=1S/C12H17F2N/c1-3-5-10(4-2)15-12-7-6-9(13)8-11(12)14/h6-8,10,15H,3-5H2,1-2H3. The molecule has 1 unspecified atom stereocenters. The maximum absolute atomic E-state index is 13.3. The topological polar surface area (TPSA) is 12.0 Å². The number of rotatable bonds is 5. The third kappa shape index (κ3) is 3.50. The van der Waals surface area contributed by atoms with Gasteiger partial charge in [-0.15, -0.1) is 0 Å². The first kappa shape index (κ1) is 12.0. The van der Waals surface area contributed by atoms with Crippen molar-refractivity contribution in [1.82, 2.24) is 0 Å². The summed E-state index contributed by atoms with van der Waals surface area (Å²) in [5, 5.41) is 3.08. The van der Waals surface area contributed by atoms with E-state index in [2.05, 4.69) is 19.2 Å². The molecule has 0 heterocycles. The van der Waals surface area contributed by atoms with E-state index in [-0.39, 0.29) is 6.04 Å². The van der Waals surface area contributed by atoms with Gasteiger partial charge in [0.1, 0.15) is 11.6 Å². The van der Waals surface area contributed by atoms with Crippen LogP contribution in [0.4, 0.5) is 14.5 Å². The molecule has 0 aliphatic carbocycles. The number of nitrogens with one attached hydrogen (secondary N) is 1. The molecule has 1 rings (SSSR count). The molecule has 0 aromatic heterocycles. The summed E-state index contributed by atoms with van der Waals surface area (Å²) in [6, 6.07) is 3.88. The van der Waals surface area contributed by atoms with Gasteiger partial charge >= 0.3 is 0 Å². The molecule has 3 heteroatoms. The molecule has 1 N–H and O–H groups in total. The Morgan fingerprint density at radius 3 is 2.53 bits per heavy atom. The highest BCUT2D eigenvalue weighted by Gasteiger charge is 2.08. The van der Waals surface area contributed by atoms with Gasteiger partial charge in [-0.25, -0.2) is 8.78 Å². The third-order valence-corrected chi connectivity index (χ3v) is 2.42. The monoisotopic (exact) mass is 213 g/mol. The lowest BCUT2D eigenvalue weighted by atomic mass is 10.1. The molecule has 1 atom stereocenters. The van der Waals surface area contributed by atoms with E-state index < -0.39 is 11.6 Å². The van der Waals surface area contributed by atoms with Crippen LogP contribution in [0.5, 0.6) is 0 Å². The maximum Gasteiger partial charge on any atom is 0.149 e. The van der Waals surface area contributed by atoms with Crippen molar-refractivity contribution in [3.63, 3.8) is 0 Å². The minimum absolute atomic E-state index is 0.259. The van der Waals surface area contributed by atoms with Crippen molar-refractivity contribution in [2.45, 2.75) is 39.2 Å². The summed E-state index contributed by atoms with van der Waals surface area (Å²) >= 11 is 0. The second-order valence-corrected chi connectivity index (χ2v) is 3.66. The summed E-state index contributed by atoms with van der Waals surface area (Å²) < 4.78 is 25.9. The fourth-order valence-electron chi connectivity index (χ4n) is 1.55. The third-order valence-electron chi connectivity index (χ3n) is 2.42. The SMILES string of the molecule is CCCC(CC)Nc1ccc(F)cc1F. The van der Waals surface area contributed by atoms with Crippen molar-refractivity contribution in [2.75, 3.05) is 5.32 Å². The van der Waals surface area contributed by atoms with E-state index in [1.54, 1.807) is 0 Å². The zero-order valence-corrected chi connectivity index (χ0v) is 9.19. The van der Waals surface area contributed by atoms with Crippen LogP contribution in [0.2, 0.25) is 0 Å². The van der Waals surface area contributed by atoms with Gasteiger partial charge < -0.3 is 5.32 Å². The van der Waals surface area contributed by atoms with Crippen molar-refractivity contribution in [3.8, 4) is 0 Å². The van der Waals surface area contributed by atoms with Crippen LogP contribution in [0.1, 0.15) is 33.1 Å². The van der Waals surface area contributed by atoms with Crippen LogP contribution < -0.4 is 5.32 Å². The number of anilines is 1. The zero-order chi connectivity index (χ0) is 11.3. The van der Waals surface area contributed by atoms with E-state index >= 15 is 0 Å². The molecule has 0 fully saturated rings. The lowest BCUT2D eigenvalue weighted by Crippen LogP contribution is -2.18. The predicted molar refractivity (Wildman–Crippen MR) is 59.0 cm³/mol. The highest BCUT2D eigenvalue weighted by molar-refractivity contribution is 5.45. The van der Waals surface area contributed by atoms with Crippen molar-refractivity contribution < 1.29 is 8.78 Å². The molecular formula is C12H17F2N. The second kappa shape index (κ2) is 5.69. The van der Waals surface area contributed by atoms with E-state index in [1.807, 2.05) is 0 Å². The number of halogens is 2. The minimum atomic E-state index is -0.540. The van der Waals surface area contributed by atoms with Gasteiger partial charge in [-0.05, 0) is 25.0 Å². The van der Waals surface area contributed by atoms with Gasteiger partial charge in [0.2, 0.25) is 0 Å². The Balaban J connectivity index is 2.70. The van der Waals surface area contributed by atoms with Crippen LogP contribution in [-0.4, -0.2) is 6.04 Å². The van der Waals surface area contributed by atoms with Crippen molar-refractivity contribution in [3.05, 3.63) is 29.8 Å². The normalized spacial score (nSPS) is 12.5. The molecule has 0 amide bonds. The van der Waals surface area contributed by atoms with E-state index in [9.17, 15) is 8.78 Å². The molecule has 1 nitrogen and oxygen atoms in total. The molecule has 1 aromatic rings. The number of hydrogen-bond acceptors (Lipinski definition) is 1. The molecule has 15 heavy (non-hydrogen) atoms. The quantitative estimate of drug-likeness (QED) is 0.780.